The minimum Gasteiger partial charge on any atom is -0.366 e. The third-order valence-corrected chi connectivity index (χ3v) is 4.51. The summed E-state index contributed by atoms with van der Waals surface area (Å²) in [6.07, 6.45) is 5.46. The summed E-state index contributed by atoms with van der Waals surface area (Å²) in [5, 5.41) is 3.56. The van der Waals surface area contributed by atoms with Crippen molar-refractivity contribution in [3.63, 3.8) is 0 Å². The molecule has 0 spiro atoms. The van der Waals surface area contributed by atoms with Gasteiger partial charge in [0.05, 0.1) is 0 Å². The van der Waals surface area contributed by atoms with Crippen LogP contribution < -0.4 is 11.1 Å². The molecular formula is C17H26N2O. The highest BCUT2D eigenvalue weighted by molar-refractivity contribution is 5.93. The van der Waals surface area contributed by atoms with Crippen LogP contribution in [0.1, 0.15) is 54.1 Å². The predicted octanol–water partition coefficient (Wildman–Crippen LogP) is 3.01. The molecule has 0 aromatic heterocycles. The number of rotatable bonds is 5. The Morgan fingerprint density at radius 1 is 1.30 bits per heavy atom. The Balaban J connectivity index is 1.81. The molecule has 3 nitrogen and oxygen atoms in total. The van der Waals surface area contributed by atoms with Gasteiger partial charge in [-0.1, -0.05) is 25.8 Å². The fourth-order valence-corrected chi connectivity index (χ4v) is 2.99. The van der Waals surface area contributed by atoms with Gasteiger partial charge in [-0.15, -0.1) is 0 Å². The van der Waals surface area contributed by atoms with Crippen LogP contribution in [-0.4, -0.2) is 12.5 Å². The first kappa shape index (κ1) is 15.0. The molecule has 1 aromatic carbocycles. The summed E-state index contributed by atoms with van der Waals surface area (Å²) in [5.74, 6) is 1.38. The molecule has 20 heavy (non-hydrogen) atoms. The normalized spacial score (nSPS) is 22.7. The molecule has 0 saturated heterocycles. The summed E-state index contributed by atoms with van der Waals surface area (Å²) >= 11 is 0. The van der Waals surface area contributed by atoms with Crippen LogP contribution in [0.5, 0.6) is 0 Å². The second-order valence-electron chi connectivity index (χ2n) is 6.26. The van der Waals surface area contributed by atoms with E-state index in [0.717, 1.165) is 30.5 Å². The number of carbonyl (C=O) groups is 1. The van der Waals surface area contributed by atoms with Crippen LogP contribution in [0.15, 0.2) is 18.2 Å². The molecule has 3 N–H and O–H groups in total. The first-order valence-electron chi connectivity index (χ1n) is 7.66. The second kappa shape index (κ2) is 6.89. The number of hydrogen-bond acceptors (Lipinski definition) is 2. The topological polar surface area (TPSA) is 55.1 Å². The van der Waals surface area contributed by atoms with E-state index in [1.165, 1.54) is 31.2 Å². The maximum absolute atomic E-state index is 11.1. The maximum atomic E-state index is 11.1. The van der Waals surface area contributed by atoms with Gasteiger partial charge in [-0.25, -0.2) is 0 Å². The first-order chi connectivity index (χ1) is 9.56. The van der Waals surface area contributed by atoms with Crippen LogP contribution >= 0.6 is 0 Å². The Kier molecular flexibility index (Phi) is 5.18. The van der Waals surface area contributed by atoms with E-state index in [2.05, 4.69) is 12.2 Å². The van der Waals surface area contributed by atoms with Crippen molar-refractivity contribution in [1.29, 1.82) is 0 Å². The predicted molar refractivity (Wildman–Crippen MR) is 82.5 cm³/mol. The molecule has 1 aliphatic rings. The lowest BCUT2D eigenvalue weighted by Gasteiger charge is -2.26. The standard InChI is InChI=1S/C17H26N2O/c1-12-3-5-14(6-4-12)10-19-11-16-8-7-15(17(18)20)9-13(16)2/h7-9,12,14,19H,3-6,10-11H2,1-2H3,(H2,18,20). The smallest absolute Gasteiger partial charge is 0.248 e. The van der Waals surface area contributed by atoms with Crippen molar-refractivity contribution in [1.82, 2.24) is 5.32 Å². The molecule has 1 amide bonds. The third-order valence-electron chi connectivity index (χ3n) is 4.51. The highest BCUT2D eigenvalue weighted by Gasteiger charge is 2.17. The molecule has 1 aromatic rings. The highest BCUT2D eigenvalue weighted by atomic mass is 16.1. The summed E-state index contributed by atoms with van der Waals surface area (Å²) in [5.41, 5.74) is 8.26. The second-order valence-corrected chi connectivity index (χ2v) is 6.26. The number of nitrogens with two attached hydrogens (primary N) is 1. The van der Waals surface area contributed by atoms with E-state index < -0.39 is 0 Å². The Morgan fingerprint density at radius 3 is 2.60 bits per heavy atom. The summed E-state index contributed by atoms with van der Waals surface area (Å²) in [6, 6.07) is 5.70. The van der Waals surface area contributed by atoms with E-state index in [1.54, 1.807) is 0 Å². The molecule has 0 atom stereocenters. The van der Waals surface area contributed by atoms with Crippen LogP contribution in [0.4, 0.5) is 0 Å². The highest BCUT2D eigenvalue weighted by Crippen LogP contribution is 2.27. The number of aryl methyl sites for hydroxylation is 1. The van der Waals surface area contributed by atoms with Crippen molar-refractivity contribution in [2.24, 2.45) is 17.6 Å². The van der Waals surface area contributed by atoms with Crippen LogP contribution in [0.2, 0.25) is 0 Å². The molecule has 1 aliphatic carbocycles. The number of hydrogen-bond donors (Lipinski definition) is 2. The molecule has 0 radical (unpaired) electrons. The molecule has 1 saturated carbocycles. The summed E-state index contributed by atoms with van der Waals surface area (Å²) in [7, 11) is 0. The van der Waals surface area contributed by atoms with E-state index >= 15 is 0 Å². The fraction of sp³-hybridized carbons (Fsp3) is 0.588. The zero-order valence-corrected chi connectivity index (χ0v) is 12.6. The minimum atomic E-state index is -0.357. The van der Waals surface area contributed by atoms with Gasteiger partial charge in [0.2, 0.25) is 5.91 Å². The number of carbonyl (C=O) groups excluding carboxylic acids is 1. The van der Waals surface area contributed by atoms with Gasteiger partial charge in [-0.05, 0) is 61.4 Å². The molecule has 1 fully saturated rings. The molecule has 2 rings (SSSR count). The van der Waals surface area contributed by atoms with E-state index in [-0.39, 0.29) is 5.91 Å². The van der Waals surface area contributed by atoms with Gasteiger partial charge in [0.1, 0.15) is 0 Å². The Bertz CT molecular complexity index is 462. The number of primary amides is 1. The molecule has 0 unspecified atom stereocenters. The van der Waals surface area contributed by atoms with Gasteiger partial charge in [0.15, 0.2) is 0 Å². The average Bonchev–Trinajstić information content (AvgIpc) is 2.42. The van der Waals surface area contributed by atoms with Crippen molar-refractivity contribution in [3.05, 3.63) is 34.9 Å². The zero-order valence-electron chi connectivity index (χ0n) is 12.6. The lowest BCUT2D eigenvalue weighted by atomic mass is 9.83. The van der Waals surface area contributed by atoms with E-state index in [4.69, 9.17) is 5.73 Å². The molecule has 3 heteroatoms. The van der Waals surface area contributed by atoms with E-state index in [9.17, 15) is 4.79 Å². The average molecular weight is 274 g/mol. The zero-order chi connectivity index (χ0) is 14.5. The minimum absolute atomic E-state index is 0.357. The van der Waals surface area contributed by atoms with Crippen molar-refractivity contribution >= 4 is 5.91 Å². The van der Waals surface area contributed by atoms with Crippen LogP contribution in [0.25, 0.3) is 0 Å². The summed E-state index contributed by atoms with van der Waals surface area (Å²) in [4.78, 5) is 11.1. The first-order valence-corrected chi connectivity index (χ1v) is 7.66. The summed E-state index contributed by atoms with van der Waals surface area (Å²) in [6.45, 7) is 6.36. The quantitative estimate of drug-likeness (QED) is 0.867. The van der Waals surface area contributed by atoms with Gasteiger partial charge in [-0.2, -0.15) is 0 Å². The monoisotopic (exact) mass is 274 g/mol. The number of benzene rings is 1. The van der Waals surface area contributed by atoms with E-state index in [0.29, 0.717) is 5.56 Å². The van der Waals surface area contributed by atoms with Gasteiger partial charge in [-0.3, -0.25) is 4.79 Å². The SMILES string of the molecule is Cc1cc(C(N)=O)ccc1CNCC1CCC(C)CC1. The maximum Gasteiger partial charge on any atom is 0.248 e. The third kappa shape index (κ3) is 4.07. The Hall–Kier alpha value is -1.35. The molecular weight excluding hydrogens is 248 g/mol. The summed E-state index contributed by atoms with van der Waals surface area (Å²) < 4.78 is 0. The van der Waals surface area contributed by atoms with Crippen LogP contribution in [0, 0.1) is 18.8 Å². The Labute approximate surface area is 121 Å². The largest absolute Gasteiger partial charge is 0.366 e. The van der Waals surface area contributed by atoms with Crippen LogP contribution in [-0.2, 0) is 6.54 Å². The molecule has 0 aliphatic heterocycles. The fourth-order valence-electron chi connectivity index (χ4n) is 2.99. The number of nitrogens with one attached hydrogen (secondary N) is 1. The number of amides is 1. The van der Waals surface area contributed by atoms with Crippen molar-refractivity contribution in [2.45, 2.75) is 46.1 Å². The molecule has 0 heterocycles. The van der Waals surface area contributed by atoms with Crippen molar-refractivity contribution in [2.75, 3.05) is 6.54 Å². The lowest BCUT2D eigenvalue weighted by molar-refractivity contribution is 0.1000. The molecule has 0 bridgehead atoms. The van der Waals surface area contributed by atoms with Crippen molar-refractivity contribution < 1.29 is 4.79 Å². The van der Waals surface area contributed by atoms with Gasteiger partial charge in [0, 0.05) is 12.1 Å². The van der Waals surface area contributed by atoms with Crippen molar-refractivity contribution in [3.8, 4) is 0 Å². The van der Waals surface area contributed by atoms with E-state index in [1.807, 2.05) is 25.1 Å². The van der Waals surface area contributed by atoms with Gasteiger partial charge in [0.25, 0.3) is 0 Å². The van der Waals surface area contributed by atoms with Gasteiger partial charge < -0.3 is 11.1 Å². The Morgan fingerprint density at radius 2 is 2.00 bits per heavy atom. The lowest BCUT2D eigenvalue weighted by Crippen LogP contribution is -2.26. The molecule has 110 valence electrons. The van der Waals surface area contributed by atoms with Crippen LogP contribution in [0.3, 0.4) is 0 Å². The van der Waals surface area contributed by atoms with Gasteiger partial charge >= 0.3 is 0 Å².